The lowest BCUT2D eigenvalue weighted by molar-refractivity contribution is -0.167. The van der Waals surface area contributed by atoms with Crippen LogP contribution in [0, 0.1) is 0 Å². The number of hydrogen-bond acceptors (Lipinski definition) is 6. The van der Waals surface area contributed by atoms with Gasteiger partial charge in [-0.05, 0) is 89.9 Å². The summed E-state index contributed by atoms with van der Waals surface area (Å²) in [4.78, 5) is 38.3. The molecule has 6 nitrogen and oxygen atoms in total. The second-order valence-corrected chi connectivity index (χ2v) is 20.2. The van der Waals surface area contributed by atoms with Crippen LogP contribution < -0.4 is 0 Å². The fourth-order valence-electron chi connectivity index (χ4n) is 8.64. The van der Waals surface area contributed by atoms with Gasteiger partial charge >= 0.3 is 17.9 Å². The van der Waals surface area contributed by atoms with E-state index in [4.69, 9.17) is 14.2 Å². The molecule has 0 radical (unpaired) electrons. The van der Waals surface area contributed by atoms with Crippen LogP contribution in [0.25, 0.3) is 0 Å². The number of rotatable bonds is 55. The molecule has 0 N–H and O–H groups in total. The van der Waals surface area contributed by atoms with Crippen molar-refractivity contribution >= 4 is 17.9 Å². The molecule has 0 fully saturated rings. The molecule has 0 aromatic rings. The SMILES string of the molecule is CC/C=C/C/C=C/C/C=C/C/C=C/C/C=C/CCCCCC(=O)OC[C@@H](COC(=O)CCCCCCCCCCCCCCCCCCC)OC(=O)CCCCCCCCC/C=C/CCCCCCCC. The van der Waals surface area contributed by atoms with Gasteiger partial charge in [-0.3, -0.25) is 14.4 Å². The Balaban J connectivity index is 4.42. The summed E-state index contributed by atoms with van der Waals surface area (Å²) in [5.74, 6) is -0.909. The Bertz CT molecular complexity index is 1320. The van der Waals surface area contributed by atoms with Crippen LogP contribution in [-0.4, -0.2) is 37.2 Å². The summed E-state index contributed by atoms with van der Waals surface area (Å²) < 4.78 is 16.9. The summed E-state index contributed by atoms with van der Waals surface area (Å²) in [6.07, 6.45) is 76.1. The Labute approximate surface area is 440 Å². The van der Waals surface area contributed by atoms with Crippen molar-refractivity contribution in [2.24, 2.45) is 0 Å². The fourth-order valence-corrected chi connectivity index (χ4v) is 8.64. The summed E-state index contributed by atoms with van der Waals surface area (Å²) in [5, 5.41) is 0. The van der Waals surface area contributed by atoms with E-state index in [9.17, 15) is 14.4 Å². The second kappa shape index (κ2) is 59.4. The molecule has 0 aliphatic carbocycles. The number of esters is 3. The van der Waals surface area contributed by atoms with Crippen LogP contribution in [-0.2, 0) is 28.6 Å². The molecule has 6 heteroatoms. The summed E-state index contributed by atoms with van der Waals surface area (Å²) in [6.45, 7) is 6.53. The van der Waals surface area contributed by atoms with Gasteiger partial charge in [-0.1, -0.05) is 267 Å². The van der Waals surface area contributed by atoms with Crippen molar-refractivity contribution in [2.75, 3.05) is 13.2 Å². The Morgan fingerprint density at radius 2 is 0.549 bits per heavy atom. The molecule has 0 saturated carbocycles. The third-order valence-electron chi connectivity index (χ3n) is 13.2. The molecule has 0 aromatic carbocycles. The zero-order valence-corrected chi connectivity index (χ0v) is 47.0. The summed E-state index contributed by atoms with van der Waals surface area (Å²) in [5.41, 5.74) is 0. The zero-order chi connectivity index (χ0) is 51.4. The van der Waals surface area contributed by atoms with E-state index in [1.807, 2.05) is 0 Å². The Kier molecular flexibility index (Phi) is 56.8. The van der Waals surface area contributed by atoms with Gasteiger partial charge < -0.3 is 14.2 Å². The molecule has 0 heterocycles. The highest BCUT2D eigenvalue weighted by molar-refractivity contribution is 5.71. The van der Waals surface area contributed by atoms with Crippen LogP contribution in [0.5, 0.6) is 0 Å². The van der Waals surface area contributed by atoms with Crippen molar-refractivity contribution in [3.63, 3.8) is 0 Å². The van der Waals surface area contributed by atoms with Gasteiger partial charge in [-0.25, -0.2) is 0 Å². The number of unbranched alkanes of at least 4 members (excludes halogenated alkanes) is 32. The average Bonchev–Trinajstić information content (AvgIpc) is 3.37. The number of carbonyl (C=O) groups is 3. The first-order valence-electron chi connectivity index (χ1n) is 30.4. The molecule has 0 bridgehead atoms. The lowest BCUT2D eigenvalue weighted by Crippen LogP contribution is -2.30. The first kappa shape index (κ1) is 67.8. The maximum atomic E-state index is 12.9. The molecule has 0 unspecified atom stereocenters. The molecule has 0 rings (SSSR count). The standard InChI is InChI=1S/C65H114O6/c1-4-7-10-13-16-19-22-25-28-31-32-35-37-40-43-46-49-52-55-58-64(67)70-61-62(71-65(68)59-56-53-50-47-44-41-38-34-30-27-24-21-18-15-12-9-6-3)60-69-63(66)57-54-51-48-45-42-39-36-33-29-26-23-20-17-14-11-8-5-2/h7,10,16,19,25,27-28,30,32,35,40,43,62H,4-6,8-9,11-15,17-18,20-24,26,29,31,33-34,36-39,41-42,44-61H2,1-3H3/b10-7+,19-16+,28-25+,30-27+,35-32+,43-40+/t62-/m1/s1. The van der Waals surface area contributed by atoms with Gasteiger partial charge in [-0.2, -0.15) is 0 Å². The van der Waals surface area contributed by atoms with Crippen molar-refractivity contribution in [3.8, 4) is 0 Å². The molecule has 410 valence electrons. The van der Waals surface area contributed by atoms with Crippen LogP contribution >= 0.6 is 0 Å². The lowest BCUT2D eigenvalue weighted by Gasteiger charge is -2.18. The first-order valence-corrected chi connectivity index (χ1v) is 30.4. The second-order valence-electron chi connectivity index (χ2n) is 20.2. The minimum absolute atomic E-state index is 0.0850. The Morgan fingerprint density at radius 1 is 0.296 bits per heavy atom. The molecule has 1 atom stereocenters. The molecule has 0 aromatic heterocycles. The van der Waals surface area contributed by atoms with Gasteiger partial charge in [0, 0.05) is 19.3 Å². The smallest absolute Gasteiger partial charge is 0.306 e. The van der Waals surface area contributed by atoms with Crippen molar-refractivity contribution in [1.29, 1.82) is 0 Å². The van der Waals surface area contributed by atoms with E-state index in [1.54, 1.807) is 0 Å². The minimum atomic E-state index is -0.791. The Hall–Kier alpha value is -3.15. The van der Waals surface area contributed by atoms with E-state index >= 15 is 0 Å². The first-order chi connectivity index (χ1) is 35.0. The predicted octanol–water partition coefficient (Wildman–Crippen LogP) is 20.5. The average molecular weight is 992 g/mol. The van der Waals surface area contributed by atoms with Gasteiger partial charge in [-0.15, -0.1) is 0 Å². The summed E-state index contributed by atoms with van der Waals surface area (Å²) in [6, 6.07) is 0. The van der Waals surface area contributed by atoms with Gasteiger partial charge in [0.1, 0.15) is 13.2 Å². The number of ether oxygens (including phenoxy) is 3. The van der Waals surface area contributed by atoms with Crippen LogP contribution in [0.15, 0.2) is 72.9 Å². The van der Waals surface area contributed by atoms with E-state index in [2.05, 4.69) is 93.7 Å². The predicted molar refractivity (Wildman–Crippen MR) is 307 cm³/mol. The normalized spacial score (nSPS) is 12.5. The van der Waals surface area contributed by atoms with E-state index in [-0.39, 0.29) is 31.1 Å². The fraction of sp³-hybridized carbons (Fsp3) is 0.769. The van der Waals surface area contributed by atoms with Crippen molar-refractivity contribution < 1.29 is 28.6 Å². The number of allylic oxidation sites excluding steroid dienone is 12. The van der Waals surface area contributed by atoms with Crippen LogP contribution in [0.2, 0.25) is 0 Å². The third kappa shape index (κ3) is 57.6. The third-order valence-corrected chi connectivity index (χ3v) is 13.2. The molecule has 0 spiro atoms. The van der Waals surface area contributed by atoms with Gasteiger partial charge in [0.15, 0.2) is 6.10 Å². The highest BCUT2D eigenvalue weighted by atomic mass is 16.6. The summed E-state index contributed by atoms with van der Waals surface area (Å²) >= 11 is 0. The molecular formula is C65H114O6. The topological polar surface area (TPSA) is 78.9 Å². The van der Waals surface area contributed by atoms with E-state index in [1.165, 1.54) is 167 Å². The zero-order valence-electron chi connectivity index (χ0n) is 47.0. The quantitative estimate of drug-likeness (QED) is 0.0261. The van der Waals surface area contributed by atoms with E-state index < -0.39 is 6.10 Å². The van der Waals surface area contributed by atoms with Crippen molar-refractivity contribution in [3.05, 3.63) is 72.9 Å². The molecule has 0 aliphatic heterocycles. The molecule has 0 aliphatic rings. The van der Waals surface area contributed by atoms with Crippen molar-refractivity contribution in [2.45, 2.75) is 309 Å². The van der Waals surface area contributed by atoms with Crippen LogP contribution in [0.1, 0.15) is 303 Å². The highest BCUT2D eigenvalue weighted by Crippen LogP contribution is 2.16. The monoisotopic (exact) mass is 991 g/mol. The maximum Gasteiger partial charge on any atom is 0.306 e. The number of hydrogen-bond donors (Lipinski definition) is 0. The largest absolute Gasteiger partial charge is 0.462 e. The Morgan fingerprint density at radius 3 is 0.887 bits per heavy atom. The molecule has 0 amide bonds. The van der Waals surface area contributed by atoms with Crippen molar-refractivity contribution in [1.82, 2.24) is 0 Å². The summed E-state index contributed by atoms with van der Waals surface area (Å²) in [7, 11) is 0. The van der Waals surface area contributed by atoms with E-state index in [0.29, 0.717) is 19.3 Å². The van der Waals surface area contributed by atoms with Gasteiger partial charge in [0.2, 0.25) is 0 Å². The van der Waals surface area contributed by atoms with E-state index in [0.717, 1.165) is 96.3 Å². The van der Waals surface area contributed by atoms with Crippen LogP contribution in [0.3, 0.4) is 0 Å². The highest BCUT2D eigenvalue weighted by Gasteiger charge is 2.19. The lowest BCUT2D eigenvalue weighted by atomic mass is 10.0. The molecule has 71 heavy (non-hydrogen) atoms. The minimum Gasteiger partial charge on any atom is -0.462 e. The molecule has 0 saturated heterocycles. The van der Waals surface area contributed by atoms with Gasteiger partial charge in [0.25, 0.3) is 0 Å². The maximum absolute atomic E-state index is 12.9. The molecular weight excluding hydrogens is 877 g/mol. The number of carbonyl (C=O) groups excluding carboxylic acids is 3. The van der Waals surface area contributed by atoms with Crippen LogP contribution in [0.4, 0.5) is 0 Å². The van der Waals surface area contributed by atoms with Gasteiger partial charge in [0.05, 0.1) is 0 Å².